The number of fused-ring (bicyclic) bond motifs is 1. The number of carbonyl (C=O) groups excluding carboxylic acids is 1. The number of alkyl carbamates (subject to hydrolysis) is 1. The Hall–Kier alpha value is -2.16. The van der Waals surface area contributed by atoms with E-state index in [1.165, 1.54) is 4.57 Å². The Kier molecular flexibility index (Phi) is 8.45. The first kappa shape index (κ1) is 25.1. The zero-order valence-electron chi connectivity index (χ0n) is 19.0. The lowest BCUT2D eigenvalue weighted by atomic mass is 10.2. The van der Waals surface area contributed by atoms with Crippen molar-refractivity contribution in [2.24, 2.45) is 0 Å². The fourth-order valence-corrected chi connectivity index (χ4v) is 3.34. The number of hydrogen-bond acceptors (Lipinski definition) is 6. The van der Waals surface area contributed by atoms with E-state index < -0.39 is 23.8 Å². The number of ether oxygens (including phenoxy) is 1. The van der Waals surface area contributed by atoms with Gasteiger partial charge in [-0.1, -0.05) is 31.5 Å². The molecule has 1 aromatic heterocycles. The van der Waals surface area contributed by atoms with Crippen LogP contribution in [0.5, 0.6) is 0 Å². The van der Waals surface area contributed by atoms with Crippen molar-refractivity contribution in [2.45, 2.75) is 78.3 Å². The second-order valence-electron chi connectivity index (χ2n) is 8.93. The number of aliphatic hydroxyl groups is 1. The summed E-state index contributed by atoms with van der Waals surface area (Å²) in [5, 5.41) is 16.8. The molecule has 1 aromatic carbocycles. The summed E-state index contributed by atoms with van der Waals surface area (Å²) in [5.74, 6) is 0.370. The van der Waals surface area contributed by atoms with Gasteiger partial charge in [-0.25, -0.2) is 9.78 Å². The molecule has 0 saturated heterocycles. The largest absolute Gasteiger partial charge is 0.444 e. The van der Waals surface area contributed by atoms with E-state index in [-0.39, 0.29) is 18.1 Å². The van der Waals surface area contributed by atoms with Gasteiger partial charge in [0.2, 0.25) is 0 Å². The quantitative estimate of drug-likeness (QED) is 0.567. The molecule has 0 bridgehead atoms. The predicted molar refractivity (Wildman–Crippen MR) is 123 cm³/mol. The number of nitrogens with one attached hydrogen (secondary N) is 2. The summed E-state index contributed by atoms with van der Waals surface area (Å²) in [4.78, 5) is 30.1. The Balaban J connectivity index is 2.37. The van der Waals surface area contributed by atoms with Crippen LogP contribution >= 0.6 is 11.6 Å². The molecule has 0 fully saturated rings. The SMILES string of the molecule is CC(C)NCC(O)CCn1c([C@H](C)NC(=O)OC(C)(C)C)nc2cccc(Cl)c2c1=O. The molecule has 2 rings (SSSR count). The second kappa shape index (κ2) is 10.4. The van der Waals surface area contributed by atoms with Crippen LogP contribution in [0.2, 0.25) is 5.02 Å². The van der Waals surface area contributed by atoms with Crippen molar-refractivity contribution in [1.82, 2.24) is 20.2 Å². The van der Waals surface area contributed by atoms with Crippen LogP contribution in [-0.2, 0) is 11.3 Å². The summed E-state index contributed by atoms with van der Waals surface area (Å²) in [6.45, 7) is 11.7. The first-order valence-electron chi connectivity index (χ1n) is 10.5. The standard InChI is InChI=1S/C22H33ClN4O4/c1-13(2)24-12-15(28)10-11-27-19(14(3)25-21(30)31-22(4,5)6)26-17-9-7-8-16(23)18(17)20(27)29/h7-9,13-15,24,28H,10-12H2,1-6H3,(H,25,30)/t14-,15?/m0/s1. The van der Waals surface area contributed by atoms with Crippen LogP contribution in [0.15, 0.2) is 23.0 Å². The van der Waals surface area contributed by atoms with Gasteiger partial charge in [-0.2, -0.15) is 0 Å². The van der Waals surface area contributed by atoms with Crippen molar-refractivity contribution in [3.63, 3.8) is 0 Å². The lowest BCUT2D eigenvalue weighted by Gasteiger charge is -2.24. The highest BCUT2D eigenvalue weighted by atomic mass is 35.5. The van der Waals surface area contributed by atoms with E-state index in [1.807, 2.05) is 13.8 Å². The molecule has 2 atom stereocenters. The Morgan fingerprint density at radius 2 is 1.97 bits per heavy atom. The molecule has 0 aliphatic rings. The van der Waals surface area contributed by atoms with Crippen LogP contribution in [-0.4, -0.2) is 45.0 Å². The minimum atomic E-state index is -0.651. The number of amides is 1. The van der Waals surface area contributed by atoms with Crippen molar-refractivity contribution < 1.29 is 14.6 Å². The average Bonchev–Trinajstić information content (AvgIpc) is 2.63. The molecule has 9 heteroatoms. The van der Waals surface area contributed by atoms with Crippen LogP contribution in [0, 0.1) is 0 Å². The first-order valence-corrected chi connectivity index (χ1v) is 10.9. The summed E-state index contributed by atoms with van der Waals surface area (Å²) in [7, 11) is 0. The fourth-order valence-electron chi connectivity index (χ4n) is 3.09. The van der Waals surface area contributed by atoms with Gasteiger partial charge >= 0.3 is 6.09 Å². The van der Waals surface area contributed by atoms with Gasteiger partial charge in [0.05, 0.1) is 28.1 Å². The Labute approximate surface area is 188 Å². The fraction of sp³-hybridized carbons (Fsp3) is 0.591. The maximum absolute atomic E-state index is 13.3. The van der Waals surface area contributed by atoms with E-state index in [9.17, 15) is 14.7 Å². The molecular formula is C22H33ClN4O4. The van der Waals surface area contributed by atoms with Crippen LogP contribution < -0.4 is 16.2 Å². The van der Waals surface area contributed by atoms with Crippen LogP contribution in [0.1, 0.15) is 59.8 Å². The second-order valence-corrected chi connectivity index (χ2v) is 9.34. The van der Waals surface area contributed by atoms with E-state index in [0.717, 1.165) is 0 Å². The molecule has 0 aliphatic carbocycles. The third-order valence-corrected chi connectivity index (χ3v) is 4.85. The number of nitrogens with zero attached hydrogens (tertiary/aromatic N) is 2. The maximum atomic E-state index is 13.3. The van der Waals surface area contributed by atoms with E-state index in [4.69, 9.17) is 16.3 Å². The summed E-state index contributed by atoms with van der Waals surface area (Å²) in [6.07, 6.45) is -0.907. The van der Waals surface area contributed by atoms with E-state index in [1.54, 1.807) is 45.9 Å². The van der Waals surface area contributed by atoms with Gasteiger partial charge in [0.25, 0.3) is 5.56 Å². The number of hydrogen-bond donors (Lipinski definition) is 3. The van der Waals surface area contributed by atoms with E-state index in [0.29, 0.717) is 34.7 Å². The van der Waals surface area contributed by atoms with Crippen molar-refractivity contribution in [2.75, 3.05) is 6.54 Å². The lowest BCUT2D eigenvalue weighted by Crippen LogP contribution is -2.38. The Morgan fingerprint density at radius 3 is 2.58 bits per heavy atom. The summed E-state index contributed by atoms with van der Waals surface area (Å²) >= 11 is 6.27. The number of carbonyl (C=O) groups is 1. The van der Waals surface area contributed by atoms with Crippen molar-refractivity contribution in [3.05, 3.63) is 39.4 Å². The Bertz CT molecular complexity index is 968. The summed E-state index contributed by atoms with van der Waals surface area (Å²) < 4.78 is 6.79. The Morgan fingerprint density at radius 1 is 1.29 bits per heavy atom. The smallest absolute Gasteiger partial charge is 0.408 e. The minimum absolute atomic E-state index is 0.226. The predicted octanol–water partition coefficient (Wildman–Crippen LogP) is 3.38. The normalized spacial score (nSPS) is 14.0. The van der Waals surface area contributed by atoms with Crippen molar-refractivity contribution in [1.29, 1.82) is 0 Å². The first-order chi connectivity index (χ1) is 14.4. The molecule has 8 nitrogen and oxygen atoms in total. The van der Waals surface area contributed by atoms with E-state index in [2.05, 4.69) is 15.6 Å². The highest BCUT2D eigenvalue weighted by molar-refractivity contribution is 6.35. The minimum Gasteiger partial charge on any atom is -0.444 e. The van der Waals surface area contributed by atoms with Crippen molar-refractivity contribution in [3.8, 4) is 0 Å². The molecule has 3 N–H and O–H groups in total. The summed E-state index contributed by atoms with van der Waals surface area (Å²) in [5.41, 5.74) is -0.516. The number of aromatic nitrogens is 2. The third kappa shape index (κ3) is 7.19. The van der Waals surface area contributed by atoms with Gasteiger partial charge in [-0.3, -0.25) is 9.36 Å². The van der Waals surface area contributed by atoms with Gasteiger partial charge in [0.1, 0.15) is 11.4 Å². The third-order valence-electron chi connectivity index (χ3n) is 4.53. The van der Waals surface area contributed by atoms with E-state index >= 15 is 0 Å². The molecule has 1 heterocycles. The zero-order valence-corrected chi connectivity index (χ0v) is 19.8. The van der Waals surface area contributed by atoms with Gasteiger partial charge in [0.15, 0.2) is 0 Å². The highest BCUT2D eigenvalue weighted by Gasteiger charge is 2.23. The lowest BCUT2D eigenvalue weighted by molar-refractivity contribution is 0.0504. The topological polar surface area (TPSA) is 105 Å². The van der Waals surface area contributed by atoms with Crippen LogP contribution in [0.3, 0.4) is 0 Å². The number of rotatable bonds is 8. The molecule has 2 aromatic rings. The molecule has 0 aliphatic heterocycles. The molecule has 0 radical (unpaired) electrons. The van der Waals surface area contributed by atoms with Gasteiger partial charge in [-0.15, -0.1) is 0 Å². The maximum Gasteiger partial charge on any atom is 0.408 e. The zero-order chi connectivity index (χ0) is 23.3. The highest BCUT2D eigenvalue weighted by Crippen LogP contribution is 2.21. The van der Waals surface area contributed by atoms with Crippen molar-refractivity contribution >= 4 is 28.6 Å². The molecule has 172 valence electrons. The van der Waals surface area contributed by atoms with Gasteiger partial charge < -0.3 is 20.5 Å². The number of halogens is 1. The average molecular weight is 453 g/mol. The molecule has 31 heavy (non-hydrogen) atoms. The molecule has 1 amide bonds. The van der Waals surface area contributed by atoms with Crippen LogP contribution in [0.4, 0.5) is 4.79 Å². The molecule has 1 unspecified atom stereocenters. The number of aliphatic hydroxyl groups excluding tert-OH is 1. The van der Waals surface area contributed by atoms with Gasteiger partial charge in [0, 0.05) is 19.1 Å². The summed E-state index contributed by atoms with van der Waals surface area (Å²) in [6, 6.07) is 4.71. The molecule has 0 spiro atoms. The van der Waals surface area contributed by atoms with Crippen LogP contribution in [0.25, 0.3) is 10.9 Å². The number of benzene rings is 1. The van der Waals surface area contributed by atoms with Gasteiger partial charge in [-0.05, 0) is 46.2 Å². The molecular weight excluding hydrogens is 420 g/mol. The molecule has 0 saturated carbocycles. The monoisotopic (exact) mass is 452 g/mol.